The van der Waals surface area contributed by atoms with Crippen LogP contribution >= 0.6 is 0 Å². The molecule has 0 unspecified atom stereocenters. The molecule has 0 aromatic heterocycles. The third kappa shape index (κ3) is 4.01. The Hall–Kier alpha value is -1.95. The van der Waals surface area contributed by atoms with E-state index in [9.17, 15) is 14.0 Å². The zero-order valence-electron chi connectivity index (χ0n) is 11.8. The van der Waals surface area contributed by atoms with Crippen LogP contribution in [0.1, 0.15) is 35.2 Å². The molecule has 0 aliphatic carbocycles. The van der Waals surface area contributed by atoms with Gasteiger partial charge in [0.2, 0.25) is 11.8 Å². The summed E-state index contributed by atoms with van der Waals surface area (Å²) in [6, 6.07) is 4.07. The van der Waals surface area contributed by atoms with E-state index in [0.29, 0.717) is 25.1 Å². The molecule has 21 heavy (non-hydrogen) atoms. The molecule has 1 aromatic rings. The Balaban J connectivity index is 1.96. The number of piperidine rings is 1. The van der Waals surface area contributed by atoms with E-state index in [1.165, 1.54) is 12.1 Å². The first kappa shape index (κ1) is 15.4. The standard InChI is InChI=1S/C15H20FN3O2/c16-11-3-1-10(13(9-11)15(18)21)2-4-14(20)19-7-5-12(17)6-8-19/h1,3,9,12H,2,4-8,17H2,(H2,18,21). The summed E-state index contributed by atoms with van der Waals surface area (Å²) in [5.41, 5.74) is 11.8. The van der Waals surface area contributed by atoms with E-state index in [1.807, 2.05) is 0 Å². The lowest BCUT2D eigenvalue weighted by molar-refractivity contribution is -0.132. The third-order valence-corrected chi connectivity index (χ3v) is 3.84. The summed E-state index contributed by atoms with van der Waals surface area (Å²) in [7, 11) is 0. The van der Waals surface area contributed by atoms with E-state index in [-0.39, 0.29) is 23.9 Å². The normalized spacial score (nSPS) is 16.0. The Morgan fingerprint density at radius 2 is 1.95 bits per heavy atom. The molecule has 0 radical (unpaired) electrons. The fourth-order valence-electron chi connectivity index (χ4n) is 2.54. The fourth-order valence-corrected chi connectivity index (χ4v) is 2.54. The Labute approximate surface area is 123 Å². The van der Waals surface area contributed by atoms with Crippen molar-refractivity contribution in [1.29, 1.82) is 0 Å². The van der Waals surface area contributed by atoms with Gasteiger partial charge >= 0.3 is 0 Å². The molecule has 114 valence electrons. The van der Waals surface area contributed by atoms with Crippen molar-refractivity contribution >= 4 is 11.8 Å². The summed E-state index contributed by atoms with van der Waals surface area (Å²) in [5.74, 6) is -1.16. The monoisotopic (exact) mass is 293 g/mol. The molecule has 0 atom stereocenters. The fraction of sp³-hybridized carbons (Fsp3) is 0.467. The van der Waals surface area contributed by atoms with E-state index in [2.05, 4.69) is 0 Å². The third-order valence-electron chi connectivity index (χ3n) is 3.84. The number of carbonyl (C=O) groups is 2. The SMILES string of the molecule is NC(=O)c1cc(F)ccc1CCC(=O)N1CCC(N)CC1. The molecular formula is C15H20FN3O2. The van der Waals surface area contributed by atoms with Gasteiger partial charge in [-0.15, -0.1) is 0 Å². The van der Waals surface area contributed by atoms with Crippen LogP contribution in [0.3, 0.4) is 0 Å². The number of hydrogen-bond acceptors (Lipinski definition) is 3. The van der Waals surface area contributed by atoms with Crippen LogP contribution in [0.2, 0.25) is 0 Å². The maximum absolute atomic E-state index is 13.1. The summed E-state index contributed by atoms with van der Waals surface area (Å²) in [6.07, 6.45) is 2.28. The van der Waals surface area contributed by atoms with Crippen molar-refractivity contribution < 1.29 is 14.0 Å². The molecule has 1 aliphatic rings. The molecule has 1 saturated heterocycles. The van der Waals surface area contributed by atoms with Crippen molar-refractivity contribution in [3.8, 4) is 0 Å². The summed E-state index contributed by atoms with van der Waals surface area (Å²) < 4.78 is 13.1. The number of rotatable bonds is 4. The Bertz CT molecular complexity index is 540. The highest BCUT2D eigenvalue weighted by atomic mass is 19.1. The van der Waals surface area contributed by atoms with Gasteiger partial charge in [-0.2, -0.15) is 0 Å². The van der Waals surface area contributed by atoms with Crippen LogP contribution in [0.15, 0.2) is 18.2 Å². The minimum absolute atomic E-state index is 0.0293. The van der Waals surface area contributed by atoms with E-state index in [1.54, 1.807) is 4.90 Å². The smallest absolute Gasteiger partial charge is 0.249 e. The van der Waals surface area contributed by atoms with E-state index >= 15 is 0 Å². The van der Waals surface area contributed by atoms with Crippen LogP contribution in [0.4, 0.5) is 4.39 Å². The van der Waals surface area contributed by atoms with Gasteiger partial charge in [-0.25, -0.2) is 4.39 Å². The van der Waals surface area contributed by atoms with Gasteiger partial charge < -0.3 is 16.4 Å². The van der Waals surface area contributed by atoms with Crippen LogP contribution in [0.5, 0.6) is 0 Å². The number of halogens is 1. The van der Waals surface area contributed by atoms with Crippen molar-refractivity contribution in [3.63, 3.8) is 0 Å². The second-order valence-electron chi connectivity index (χ2n) is 5.38. The van der Waals surface area contributed by atoms with Gasteiger partial charge in [0, 0.05) is 31.1 Å². The Morgan fingerprint density at radius 1 is 1.29 bits per heavy atom. The minimum Gasteiger partial charge on any atom is -0.366 e. The highest BCUT2D eigenvalue weighted by molar-refractivity contribution is 5.94. The van der Waals surface area contributed by atoms with Crippen LogP contribution in [0, 0.1) is 5.82 Å². The van der Waals surface area contributed by atoms with Crippen molar-refractivity contribution in [2.75, 3.05) is 13.1 Å². The van der Waals surface area contributed by atoms with Gasteiger partial charge in [0.1, 0.15) is 5.82 Å². The van der Waals surface area contributed by atoms with Crippen LogP contribution in [0.25, 0.3) is 0 Å². The zero-order chi connectivity index (χ0) is 15.4. The molecular weight excluding hydrogens is 273 g/mol. The average Bonchev–Trinajstić information content (AvgIpc) is 2.46. The first-order valence-electron chi connectivity index (χ1n) is 7.09. The molecule has 1 aliphatic heterocycles. The van der Waals surface area contributed by atoms with Gasteiger partial charge in [0.05, 0.1) is 0 Å². The number of primary amides is 1. The topological polar surface area (TPSA) is 89.4 Å². The summed E-state index contributed by atoms with van der Waals surface area (Å²) in [4.78, 5) is 25.2. The molecule has 0 saturated carbocycles. The Kier molecular flexibility index (Phi) is 4.90. The van der Waals surface area contributed by atoms with E-state index in [0.717, 1.165) is 18.9 Å². The maximum Gasteiger partial charge on any atom is 0.249 e. The number of nitrogens with zero attached hydrogens (tertiary/aromatic N) is 1. The van der Waals surface area contributed by atoms with Crippen molar-refractivity contribution in [3.05, 3.63) is 35.1 Å². The van der Waals surface area contributed by atoms with Crippen LogP contribution < -0.4 is 11.5 Å². The highest BCUT2D eigenvalue weighted by Gasteiger charge is 2.20. The van der Waals surface area contributed by atoms with Gasteiger partial charge in [-0.3, -0.25) is 9.59 Å². The molecule has 2 rings (SSSR count). The lowest BCUT2D eigenvalue weighted by atomic mass is 10.0. The largest absolute Gasteiger partial charge is 0.366 e. The second-order valence-corrected chi connectivity index (χ2v) is 5.38. The molecule has 5 nitrogen and oxygen atoms in total. The lowest BCUT2D eigenvalue weighted by Gasteiger charge is -2.30. The van der Waals surface area contributed by atoms with Gasteiger partial charge in [0.25, 0.3) is 0 Å². The quantitative estimate of drug-likeness (QED) is 0.860. The lowest BCUT2D eigenvalue weighted by Crippen LogP contribution is -2.42. The molecule has 4 N–H and O–H groups in total. The highest BCUT2D eigenvalue weighted by Crippen LogP contribution is 2.15. The van der Waals surface area contributed by atoms with E-state index < -0.39 is 11.7 Å². The van der Waals surface area contributed by atoms with Crippen LogP contribution in [-0.4, -0.2) is 35.8 Å². The maximum atomic E-state index is 13.1. The molecule has 1 aromatic carbocycles. The van der Waals surface area contributed by atoms with Crippen LogP contribution in [-0.2, 0) is 11.2 Å². The first-order chi connectivity index (χ1) is 9.97. The number of amides is 2. The predicted octanol–water partition coefficient (Wildman–Crippen LogP) is 0.807. The van der Waals surface area contributed by atoms with Gasteiger partial charge in [0.15, 0.2) is 0 Å². The number of benzene rings is 1. The first-order valence-corrected chi connectivity index (χ1v) is 7.09. The Morgan fingerprint density at radius 3 is 2.57 bits per heavy atom. The summed E-state index contributed by atoms with van der Waals surface area (Å²) in [5, 5.41) is 0. The number of hydrogen-bond donors (Lipinski definition) is 2. The number of aryl methyl sites for hydroxylation is 1. The number of carbonyl (C=O) groups excluding carboxylic acids is 2. The molecule has 0 bridgehead atoms. The van der Waals surface area contributed by atoms with Crippen molar-refractivity contribution in [2.24, 2.45) is 11.5 Å². The number of nitrogens with two attached hydrogens (primary N) is 2. The molecule has 2 amide bonds. The predicted molar refractivity (Wildman–Crippen MR) is 77.0 cm³/mol. The zero-order valence-corrected chi connectivity index (χ0v) is 11.8. The molecule has 0 spiro atoms. The van der Waals surface area contributed by atoms with Gasteiger partial charge in [-0.05, 0) is 37.0 Å². The van der Waals surface area contributed by atoms with Crippen molar-refractivity contribution in [2.45, 2.75) is 31.7 Å². The van der Waals surface area contributed by atoms with E-state index in [4.69, 9.17) is 11.5 Å². The molecule has 1 fully saturated rings. The molecule has 6 heteroatoms. The molecule has 1 heterocycles. The number of likely N-dealkylation sites (tertiary alicyclic amines) is 1. The summed E-state index contributed by atoms with van der Waals surface area (Å²) >= 11 is 0. The summed E-state index contributed by atoms with van der Waals surface area (Å²) in [6.45, 7) is 1.35. The van der Waals surface area contributed by atoms with Crippen molar-refractivity contribution in [1.82, 2.24) is 4.90 Å². The minimum atomic E-state index is -0.680. The average molecular weight is 293 g/mol. The van der Waals surface area contributed by atoms with Gasteiger partial charge in [-0.1, -0.05) is 6.07 Å². The second kappa shape index (κ2) is 6.67.